The predicted octanol–water partition coefficient (Wildman–Crippen LogP) is 3.26. The molecule has 2 heteroatoms. The van der Waals surface area contributed by atoms with Gasteiger partial charge in [-0.2, -0.15) is 0 Å². The molecule has 0 aromatic heterocycles. The quantitative estimate of drug-likeness (QED) is 0.835. The molecule has 2 rings (SSSR count). The van der Waals surface area contributed by atoms with E-state index in [1.165, 1.54) is 58.2 Å². The molecule has 1 aliphatic carbocycles. The fourth-order valence-electron chi connectivity index (χ4n) is 3.64. The Kier molecular flexibility index (Phi) is 4.71. The minimum absolute atomic E-state index is 0.461. The van der Waals surface area contributed by atoms with Crippen molar-refractivity contribution in [2.24, 2.45) is 23.0 Å². The number of nitrogens with zero attached hydrogens (tertiary/aromatic N) is 1. The molecule has 0 spiro atoms. The van der Waals surface area contributed by atoms with E-state index in [1.54, 1.807) is 0 Å². The Balaban J connectivity index is 1.81. The summed E-state index contributed by atoms with van der Waals surface area (Å²) in [5.74, 6) is 1.70. The van der Waals surface area contributed by atoms with Crippen molar-refractivity contribution >= 4 is 0 Å². The van der Waals surface area contributed by atoms with Crippen LogP contribution in [-0.2, 0) is 0 Å². The summed E-state index contributed by atoms with van der Waals surface area (Å²) >= 11 is 0. The largest absolute Gasteiger partial charge is 0.327 e. The molecule has 106 valence electrons. The maximum absolute atomic E-state index is 6.34. The first-order chi connectivity index (χ1) is 8.50. The minimum atomic E-state index is 0.461. The summed E-state index contributed by atoms with van der Waals surface area (Å²) in [5, 5.41) is 0. The first kappa shape index (κ1) is 14.3. The van der Waals surface area contributed by atoms with Gasteiger partial charge in [-0.1, -0.05) is 27.2 Å². The number of hydrogen-bond acceptors (Lipinski definition) is 2. The molecule has 0 aromatic carbocycles. The molecule has 18 heavy (non-hydrogen) atoms. The lowest BCUT2D eigenvalue weighted by atomic mass is 9.76. The van der Waals surface area contributed by atoms with E-state index in [1.807, 2.05) is 0 Å². The first-order valence-corrected chi connectivity index (χ1v) is 7.98. The van der Waals surface area contributed by atoms with Crippen molar-refractivity contribution in [3.05, 3.63) is 0 Å². The predicted molar refractivity (Wildman–Crippen MR) is 78.6 cm³/mol. The molecule has 2 aliphatic rings. The third-order valence-electron chi connectivity index (χ3n) is 5.43. The van der Waals surface area contributed by atoms with Crippen molar-refractivity contribution in [1.82, 2.24) is 4.90 Å². The highest BCUT2D eigenvalue weighted by atomic mass is 15.1. The fraction of sp³-hybridized carbons (Fsp3) is 1.00. The maximum Gasteiger partial charge on any atom is 0.00795 e. The summed E-state index contributed by atoms with van der Waals surface area (Å²) in [6.07, 6.45) is 8.04. The average molecular weight is 252 g/mol. The van der Waals surface area contributed by atoms with Gasteiger partial charge in [0, 0.05) is 12.6 Å². The van der Waals surface area contributed by atoms with E-state index in [2.05, 4.69) is 25.7 Å². The van der Waals surface area contributed by atoms with Crippen molar-refractivity contribution in [2.45, 2.75) is 65.3 Å². The van der Waals surface area contributed by atoms with Crippen LogP contribution in [0.15, 0.2) is 0 Å². The highest BCUT2D eigenvalue weighted by Gasteiger charge is 2.31. The molecule has 0 aromatic rings. The Labute approximate surface area is 113 Å². The van der Waals surface area contributed by atoms with Crippen LogP contribution in [0, 0.1) is 17.3 Å². The number of nitrogens with two attached hydrogens (primary N) is 1. The second-order valence-corrected chi connectivity index (χ2v) is 7.48. The Bertz CT molecular complexity index is 252. The summed E-state index contributed by atoms with van der Waals surface area (Å²) in [6, 6.07) is 0.461. The van der Waals surface area contributed by atoms with E-state index in [0.717, 1.165) is 11.8 Å². The highest BCUT2D eigenvalue weighted by Crippen LogP contribution is 2.34. The third kappa shape index (κ3) is 3.71. The highest BCUT2D eigenvalue weighted by molar-refractivity contribution is 4.86. The van der Waals surface area contributed by atoms with Gasteiger partial charge >= 0.3 is 0 Å². The molecule has 0 bridgehead atoms. The lowest BCUT2D eigenvalue weighted by Gasteiger charge is -2.41. The molecule has 2 fully saturated rings. The van der Waals surface area contributed by atoms with Crippen molar-refractivity contribution in [2.75, 3.05) is 19.6 Å². The normalized spacial score (nSPS) is 37.7. The van der Waals surface area contributed by atoms with E-state index in [-0.39, 0.29) is 0 Å². The number of likely N-dealkylation sites (tertiary alicyclic amines) is 1. The van der Waals surface area contributed by atoms with Crippen molar-refractivity contribution in [3.63, 3.8) is 0 Å². The molecule has 0 amide bonds. The van der Waals surface area contributed by atoms with Crippen LogP contribution in [0.2, 0.25) is 0 Å². The molecule has 1 heterocycles. The van der Waals surface area contributed by atoms with Crippen LogP contribution in [0.1, 0.15) is 59.3 Å². The van der Waals surface area contributed by atoms with Crippen molar-refractivity contribution in [3.8, 4) is 0 Å². The van der Waals surface area contributed by atoms with Gasteiger partial charge in [-0.05, 0) is 62.4 Å². The smallest absolute Gasteiger partial charge is 0.00795 e. The van der Waals surface area contributed by atoms with Gasteiger partial charge in [0.1, 0.15) is 0 Å². The van der Waals surface area contributed by atoms with Gasteiger partial charge in [0.25, 0.3) is 0 Å². The SMILES string of the molecule is CCC1CCC(N)C(CN2CCC(C)(C)CC2)C1. The molecule has 1 saturated carbocycles. The lowest BCUT2D eigenvalue weighted by Crippen LogP contribution is -2.46. The Hall–Kier alpha value is -0.0800. The standard InChI is InChI=1S/C16H32N2/c1-4-13-5-6-15(17)14(11-13)12-18-9-7-16(2,3)8-10-18/h13-15H,4-12,17H2,1-3H3. The zero-order valence-corrected chi connectivity index (χ0v) is 12.6. The molecule has 3 unspecified atom stereocenters. The summed E-state index contributed by atoms with van der Waals surface area (Å²) < 4.78 is 0. The number of rotatable bonds is 3. The van der Waals surface area contributed by atoms with Crippen LogP contribution in [0.3, 0.4) is 0 Å². The number of hydrogen-bond donors (Lipinski definition) is 1. The van der Waals surface area contributed by atoms with E-state index >= 15 is 0 Å². The molecule has 0 radical (unpaired) electrons. The zero-order valence-electron chi connectivity index (χ0n) is 12.6. The maximum atomic E-state index is 6.34. The van der Waals surface area contributed by atoms with Gasteiger partial charge in [-0.3, -0.25) is 0 Å². The lowest BCUT2D eigenvalue weighted by molar-refractivity contribution is 0.0932. The van der Waals surface area contributed by atoms with Crippen LogP contribution >= 0.6 is 0 Å². The summed E-state index contributed by atoms with van der Waals surface area (Å²) in [7, 11) is 0. The van der Waals surface area contributed by atoms with Gasteiger partial charge in [0.2, 0.25) is 0 Å². The van der Waals surface area contributed by atoms with E-state index in [0.29, 0.717) is 11.5 Å². The van der Waals surface area contributed by atoms with Gasteiger partial charge in [-0.15, -0.1) is 0 Å². The second kappa shape index (κ2) is 5.92. The first-order valence-electron chi connectivity index (χ1n) is 7.98. The Morgan fingerprint density at radius 2 is 1.83 bits per heavy atom. The molecule has 2 nitrogen and oxygen atoms in total. The summed E-state index contributed by atoms with van der Waals surface area (Å²) in [4.78, 5) is 2.67. The topological polar surface area (TPSA) is 29.3 Å². The molecule has 1 saturated heterocycles. The van der Waals surface area contributed by atoms with Crippen molar-refractivity contribution in [1.29, 1.82) is 0 Å². The Morgan fingerprint density at radius 3 is 2.44 bits per heavy atom. The monoisotopic (exact) mass is 252 g/mol. The van der Waals surface area contributed by atoms with E-state index in [9.17, 15) is 0 Å². The zero-order chi connectivity index (χ0) is 13.2. The van der Waals surface area contributed by atoms with Crippen LogP contribution in [0.4, 0.5) is 0 Å². The number of piperidine rings is 1. The van der Waals surface area contributed by atoms with Crippen molar-refractivity contribution < 1.29 is 0 Å². The van der Waals surface area contributed by atoms with Gasteiger partial charge in [-0.25, -0.2) is 0 Å². The fourth-order valence-corrected chi connectivity index (χ4v) is 3.64. The van der Waals surface area contributed by atoms with Gasteiger partial charge in [0.15, 0.2) is 0 Å². The van der Waals surface area contributed by atoms with E-state index < -0.39 is 0 Å². The minimum Gasteiger partial charge on any atom is -0.327 e. The second-order valence-electron chi connectivity index (χ2n) is 7.48. The van der Waals surface area contributed by atoms with Crippen LogP contribution in [0.5, 0.6) is 0 Å². The average Bonchev–Trinajstić information content (AvgIpc) is 2.34. The van der Waals surface area contributed by atoms with Crippen LogP contribution in [-0.4, -0.2) is 30.6 Å². The summed E-state index contributed by atoms with van der Waals surface area (Å²) in [6.45, 7) is 11.0. The molecule has 2 N–H and O–H groups in total. The molecule has 1 aliphatic heterocycles. The molecular weight excluding hydrogens is 220 g/mol. The van der Waals surface area contributed by atoms with Crippen LogP contribution < -0.4 is 5.73 Å². The Morgan fingerprint density at radius 1 is 1.17 bits per heavy atom. The summed E-state index contributed by atoms with van der Waals surface area (Å²) in [5.41, 5.74) is 6.91. The molecule has 3 atom stereocenters. The molecular formula is C16H32N2. The van der Waals surface area contributed by atoms with Gasteiger partial charge < -0.3 is 10.6 Å². The third-order valence-corrected chi connectivity index (χ3v) is 5.43. The van der Waals surface area contributed by atoms with Crippen LogP contribution in [0.25, 0.3) is 0 Å². The van der Waals surface area contributed by atoms with Gasteiger partial charge in [0.05, 0.1) is 0 Å². The van der Waals surface area contributed by atoms with E-state index in [4.69, 9.17) is 5.73 Å².